The van der Waals surface area contributed by atoms with Crippen molar-refractivity contribution in [2.24, 2.45) is 0 Å². The average molecular weight is 565 g/mol. The van der Waals surface area contributed by atoms with Crippen LogP contribution in [0.1, 0.15) is 21.5 Å². The first kappa shape index (κ1) is 26.6. The fourth-order valence-electron chi connectivity index (χ4n) is 3.41. The zero-order chi connectivity index (χ0) is 26.5. The number of aromatic hydroxyl groups is 1. The molecule has 0 unspecified atom stereocenters. The summed E-state index contributed by atoms with van der Waals surface area (Å²) in [4.78, 5) is 13.1. The van der Waals surface area contributed by atoms with Gasteiger partial charge in [-0.25, -0.2) is 8.78 Å². The number of benzene rings is 3. The van der Waals surface area contributed by atoms with Crippen molar-refractivity contribution in [1.29, 1.82) is 0 Å². The summed E-state index contributed by atoms with van der Waals surface area (Å²) in [6.45, 7) is 0.0359. The molecule has 190 valence electrons. The molecule has 0 atom stereocenters. The van der Waals surface area contributed by atoms with Crippen LogP contribution in [0.5, 0.6) is 11.6 Å². The van der Waals surface area contributed by atoms with Gasteiger partial charge in [-0.1, -0.05) is 46.9 Å². The van der Waals surface area contributed by atoms with Gasteiger partial charge in [-0.05, 0) is 53.6 Å². The minimum atomic E-state index is -0.760. The Balaban J connectivity index is 1.59. The number of aromatic nitrogens is 2. The van der Waals surface area contributed by atoms with Crippen LogP contribution in [0.3, 0.4) is 0 Å². The van der Waals surface area contributed by atoms with E-state index < -0.39 is 17.5 Å². The Labute approximate surface area is 225 Å². The van der Waals surface area contributed by atoms with Gasteiger partial charge >= 0.3 is 0 Å². The predicted molar refractivity (Wildman–Crippen MR) is 137 cm³/mol. The van der Waals surface area contributed by atoms with Crippen molar-refractivity contribution in [3.05, 3.63) is 104 Å². The van der Waals surface area contributed by atoms with E-state index in [4.69, 9.17) is 39.5 Å². The second-order valence-corrected chi connectivity index (χ2v) is 9.17. The lowest BCUT2D eigenvalue weighted by molar-refractivity contribution is 0.0945. The summed E-state index contributed by atoms with van der Waals surface area (Å²) in [5.74, 6) is -2.47. The van der Waals surface area contributed by atoms with Crippen LogP contribution in [0.15, 0.2) is 60.7 Å². The molecule has 0 aliphatic heterocycles. The molecule has 1 amide bonds. The van der Waals surface area contributed by atoms with E-state index in [0.29, 0.717) is 17.0 Å². The van der Waals surface area contributed by atoms with Gasteiger partial charge in [0.15, 0.2) is 5.75 Å². The molecule has 0 aliphatic carbocycles. The van der Waals surface area contributed by atoms with Crippen LogP contribution in [0.4, 0.5) is 8.78 Å². The quantitative estimate of drug-likeness (QED) is 0.251. The third kappa shape index (κ3) is 6.85. The second-order valence-electron chi connectivity index (χ2n) is 7.92. The third-order valence-electron chi connectivity index (χ3n) is 5.24. The molecule has 0 saturated heterocycles. The normalized spacial score (nSPS) is 10.8. The molecule has 0 saturated carbocycles. The largest absolute Gasteiger partial charge is 0.505 e. The number of rotatable bonds is 8. The fraction of sp³-hybridized carbons (Fsp3) is 0.115. The summed E-state index contributed by atoms with van der Waals surface area (Å²) in [6, 6.07) is 14.5. The second kappa shape index (κ2) is 11.7. The van der Waals surface area contributed by atoms with Crippen LogP contribution in [-0.4, -0.2) is 27.8 Å². The van der Waals surface area contributed by atoms with Gasteiger partial charge in [0.25, 0.3) is 5.91 Å². The van der Waals surface area contributed by atoms with Crippen molar-refractivity contribution in [3.63, 3.8) is 0 Å². The zero-order valence-corrected chi connectivity index (χ0v) is 21.2. The average Bonchev–Trinajstić information content (AvgIpc) is 2.86. The lowest BCUT2D eigenvalue weighted by atomic mass is 10.1. The Kier molecular flexibility index (Phi) is 8.43. The van der Waals surface area contributed by atoms with Crippen molar-refractivity contribution in [2.45, 2.75) is 13.0 Å². The van der Waals surface area contributed by atoms with Gasteiger partial charge in [-0.2, -0.15) is 0 Å². The van der Waals surface area contributed by atoms with Gasteiger partial charge in [-0.3, -0.25) is 4.79 Å². The summed E-state index contributed by atoms with van der Waals surface area (Å²) in [5, 5.41) is 21.2. The molecule has 37 heavy (non-hydrogen) atoms. The molecule has 11 heteroatoms. The summed E-state index contributed by atoms with van der Waals surface area (Å²) in [6.07, 6.45) is 0.507. The summed E-state index contributed by atoms with van der Waals surface area (Å²) in [7, 11) is 0. The first-order valence-electron chi connectivity index (χ1n) is 10.9. The number of halogens is 5. The predicted octanol–water partition coefficient (Wildman–Crippen LogP) is 6.64. The SMILES string of the molecule is O=C(NCc1cc(F)cc(F)c1)c1cc(-c2cc(Cl)c(O)c(Cl)c2)nnc1OCCc1ccc(Cl)cc1. The lowest BCUT2D eigenvalue weighted by Gasteiger charge is -2.13. The molecular weight excluding hydrogens is 547 g/mol. The zero-order valence-electron chi connectivity index (χ0n) is 18.9. The smallest absolute Gasteiger partial charge is 0.257 e. The number of nitrogens with one attached hydrogen (secondary N) is 1. The molecule has 0 bridgehead atoms. The van der Waals surface area contributed by atoms with Crippen molar-refractivity contribution in [2.75, 3.05) is 6.61 Å². The number of hydrogen-bond acceptors (Lipinski definition) is 5. The Bertz CT molecular complexity index is 1410. The van der Waals surface area contributed by atoms with E-state index in [2.05, 4.69) is 15.5 Å². The molecule has 0 aliphatic rings. The van der Waals surface area contributed by atoms with E-state index in [1.807, 2.05) is 12.1 Å². The maximum Gasteiger partial charge on any atom is 0.257 e. The number of hydrogen-bond donors (Lipinski definition) is 2. The van der Waals surface area contributed by atoms with Crippen LogP contribution in [0.2, 0.25) is 15.1 Å². The number of nitrogens with zero attached hydrogens (tertiary/aromatic N) is 2. The van der Waals surface area contributed by atoms with E-state index >= 15 is 0 Å². The summed E-state index contributed by atoms with van der Waals surface area (Å²) >= 11 is 18.0. The van der Waals surface area contributed by atoms with Gasteiger partial charge in [0.1, 0.15) is 17.2 Å². The molecular formula is C26H18Cl3F2N3O3. The van der Waals surface area contributed by atoms with Gasteiger partial charge in [0.2, 0.25) is 5.88 Å². The highest BCUT2D eigenvalue weighted by atomic mass is 35.5. The summed E-state index contributed by atoms with van der Waals surface area (Å²) < 4.78 is 32.8. The van der Waals surface area contributed by atoms with E-state index in [0.717, 1.165) is 23.8 Å². The van der Waals surface area contributed by atoms with E-state index in [1.165, 1.54) is 18.2 Å². The number of phenolic OH excluding ortho intramolecular Hbond substituents is 1. The number of phenols is 1. The fourth-order valence-corrected chi connectivity index (χ4v) is 4.02. The number of ether oxygens (including phenoxy) is 1. The van der Waals surface area contributed by atoms with Gasteiger partial charge in [-0.15, -0.1) is 10.2 Å². The van der Waals surface area contributed by atoms with E-state index in [9.17, 15) is 18.7 Å². The van der Waals surface area contributed by atoms with Crippen LogP contribution >= 0.6 is 34.8 Å². The molecule has 6 nitrogen and oxygen atoms in total. The Morgan fingerprint density at radius 2 is 1.54 bits per heavy atom. The molecule has 1 aromatic heterocycles. The maximum absolute atomic E-state index is 13.5. The minimum Gasteiger partial charge on any atom is -0.505 e. The van der Waals surface area contributed by atoms with Crippen LogP contribution in [-0.2, 0) is 13.0 Å². The third-order valence-corrected chi connectivity index (χ3v) is 6.06. The van der Waals surface area contributed by atoms with Crippen molar-refractivity contribution >= 4 is 40.7 Å². The minimum absolute atomic E-state index is 0.00766. The van der Waals surface area contributed by atoms with Gasteiger partial charge < -0.3 is 15.2 Å². The first-order valence-corrected chi connectivity index (χ1v) is 12.0. The number of carbonyl (C=O) groups is 1. The topological polar surface area (TPSA) is 84.3 Å². The molecule has 4 aromatic rings. The number of carbonyl (C=O) groups excluding carboxylic acids is 1. The lowest BCUT2D eigenvalue weighted by Crippen LogP contribution is -2.24. The molecule has 1 heterocycles. The number of amides is 1. The Morgan fingerprint density at radius 1 is 0.892 bits per heavy atom. The van der Waals surface area contributed by atoms with E-state index in [1.54, 1.807) is 12.1 Å². The molecule has 0 fully saturated rings. The standard InChI is InChI=1S/C26H18Cl3F2N3O3/c27-17-3-1-14(2-4-17)5-6-37-26-20(25(36)32-13-15-7-18(30)11-19(31)8-15)12-23(33-34-26)16-9-21(28)24(35)22(29)10-16/h1-4,7-12,35H,5-6,13H2,(H,32,36). The Morgan fingerprint density at radius 3 is 2.19 bits per heavy atom. The Hall–Kier alpha value is -3.46. The molecule has 3 aromatic carbocycles. The van der Waals surface area contributed by atoms with Gasteiger partial charge in [0.05, 0.1) is 22.3 Å². The van der Waals surface area contributed by atoms with Crippen LogP contribution in [0, 0.1) is 11.6 Å². The molecule has 0 radical (unpaired) electrons. The first-order chi connectivity index (χ1) is 17.7. The van der Waals surface area contributed by atoms with Crippen molar-refractivity contribution in [3.8, 4) is 22.9 Å². The van der Waals surface area contributed by atoms with Crippen LogP contribution in [0.25, 0.3) is 11.3 Å². The highest BCUT2D eigenvalue weighted by Gasteiger charge is 2.19. The van der Waals surface area contributed by atoms with Crippen LogP contribution < -0.4 is 10.1 Å². The van der Waals surface area contributed by atoms with E-state index in [-0.39, 0.29) is 51.6 Å². The van der Waals surface area contributed by atoms with Crippen molar-refractivity contribution in [1.82, 2.24) is 15.5 Å². The molecule has 4 rings (SSSR count). The summed E-state index contributed by atoms with van der Waals surface area (Å²) in [5.41, 5.74) is 1.85. The highest BCUT2D eigenvalue weighted by molar-refractivity contribution is 6.37. The monoisotopic (exact) mass is 563 g/mol. The molecule has 0 spiro atoms. The highest BCUT2D eigenvalue weighted by Crippen LogP contribution is 2.36. The molecule has 2 N–H and O–H groups in total. The maximum atomic E-state index is 13.5. The van der Waals surface area contributed by atoms with Crippen molar-refractivity contribution < 1.29 is 23.4 Å². The van der Waals surface area contributed by atoms with Gasteiger partial charge in [0, 0.05) is 29.6 Å².